The number of carboxylic acid groups (broad SMARTS) is 1. The Balaban J connectivity index is 2.09. The molecule has 0 heterocycles. The zero-order valence-electron chi connectivity index (χ0n) is 18.0. The largest absolute Gasteiger partial charge is 0.478 e. The van der Waals surface area contributed by atoms with E-state index in [1.807, 2.05) is 0 Å². The number of methoxy groups -OCH3 is 1. The number of carboxylic acids is 1. The van der Waals surface area contributed by atoms with Gasteiger partial charge in [0.15, 0.2) is 0 Å². The maximum atomic E-state index is 11.9. The SMILES string of the molecule is COC(=O)c1cccc(N=Nc2cc(S(=O)(=O)O)c(N)c(N=Nc3cccc(C(=O)O)c3)c2N)c1. The van der Waals surface area contributed by atoms with Crippen molar-refractivity contribution < 1.29 is 32.4 Å². The first-order valence-corrected chi connectivity index (χ1v) is 11.0. The van der Waals surface area contributed by atoms with Gasteiger partial charge in [0.25, 0.3) is 10.1 Å². The third-order valence-corrected chi connectivity index (χ3v) is 5.39. The van der Waals surface area contributed by atoms with E-state index in [9.17, 15) is 22.6 Å². The zero-order valence-corrected chi connectivity index (χ0v) is 18.8. The number of nitrogens with zero attached hydrogens (tertiary/aromatic N) is 4. The minimum atomic E-state index is -4.82. The molecule has 180 valence electrons. The Bertz CT molecular complexity index is 1490. The Kier molecular flexibility index (Phi) is 7.17. The Morgan fingerprint density at radius 2 is 1.43 bits per heavy atom. The molecule has 0 amide bonds. The Morgan fingerprint density at radius 1 is 0.857 bits per heavy atom. The Morgan fingerprint density at radius 3 is 2.00 bits per heavy atom. The second-order valence-electron chi connectivity index (χ2n) is 6.84. The number of esters is 1. The maximum Gasteiger partial charge on any atom is 0.337 e. The quantitative estimate of drug-likeness (QED) is 0.156. The van der Waals surface area contributed by atoms with Gasteiger partial charge in [-0.05, 0) is 42.5 Å². The molecule has 3 aromatic carbocycles. The number of azo groups is 2. The van der Waals surface area contributed by atoms with Crippen LogP contribution >= 0.6 is 0 Å². The number of ether oxygens (including phenoxy) is 1. The van der Waals surface area contributed by atoms with Crippen LogP contribution in [0.25, 0.3) is 0 Å². The van der Waals surface area contributed by atoms with Crippen molar-refractivity contribution in [3.63, 3.8) is 0 Å². The standard InChI is InChI=1S/C21H18N6O7S/c1-34-21(30)12-5-3-7-14(9-12)24-26-15-10-16(35(31,32)33)18(23)19(17(15)22)27-25-13-6-2-4-11(8-13)20(28)29/h2-10H,22-23H2,1H3,(H,28,29)(H,31,32,33). The number of carbonyl (C=O) groups excluding carboxylic acids is 1. The lowest BCUT2D eigenvalue weighted by atomic mass is 10.2. The van der Waals surface area contributed by atoms with Gasteiger partial charge in [0.1, 0.15) is 16.3 Å². The molecule has 0 saturated carbocycles. The molecule has 14 heteroatoms. The summed E-state index contributed by atoms with van der Waals surface area (Å²) in [6, 6.07) is 12.3. The van der Waals surface area contributed by atoms with Gasteiger partial charge >= 0.3 is 11.9 Å². The predicted molar refractivity (Wildman–Crippen MR) is 125 cm³/mol. The summed E-state index contributed by atoms with van der Waals surface area (Å²) < 4.78 is 38.0. The third kappa shape index (κ3) is 5.82. The third-order valence-electron chi connectivity index (χ3n) is 4.50. The lowest BCUT2D eigenvalue weighted by Gasteiger charge is -2.10. The van der Waals surface area contributed by atoms with E-state index in [2.05, 4.69) is 25.2 Å². The molecule has 0 fully saturated rings. The highest BCUT2D eigenvalue weighted by atomic mass is 32.2. The molecule has 13 nitrogen and oxygen atoms in total. The van der Waals surface area contributed by atoms with Crippen molar-refractivity contribution in [3.8, 4) is 0 Å². The minimum Gasteiger partial charge on any atom is -0.478 e. The summed E-state index contributed by atoms with van der Waals surface area (Å²) in [4.78, 5) is 22.1. The summed E-state index contributed by atoms with van der Waals surface area (Å²) in [6.07, 6.45) is 0. The van der Waals surface area contributed by atoms with Crippen LogP contribution < -0.4 is 11.5 Å². The normalized spacial score (nSPS) is 11.7. The molecule has 0 saturated heterocycles. The minimum absolute atomic E-state index is 0.0576. The summed E-state index contributed by atoms with van der Waals surface area (Å²) >= 11 is 0. The Labute approximate surface area is 198 Å². The average molecular weight is 498 g/mol. The van der Waals surface area contributed by atoms with E-state index in [1.54, 1.807) is 0 Å². The number of aromatic carboxylic acids is 1. The van der Waals surface area contributed by atoms with Gasteiger partial charge in [-0.15, -0.1) is 10.2 Å². The smallest absolute Gasteiger partial charge is 0.337 e. The summed E-state index contributed by atoms with van der Waals surface area (Å²) in [5.41, 5.74) is 11.1. The summed E-state index contributed by atoms with van der Waals surface area (Å²) in [6.45, 7) is 0. The van der Waals surface area contributed by atoms with Crippen LogP contribution in [0, 0.1) is 0 Å². The van der Waals surface area contributed by atoms with Crippen LogP contribution in [-0.4, -0.2) is 37.1 Å². The zero-order chi connectivity index (χ0) is 25.8. The molecule has 0 radical (unpaired) electrons. The van der Waals surface area contributed by atoms with Crippen LogP contribution in [0.1, 0.15) is 20.7 Å². The fourth-order valence-corrected chi connectivity index (χ4v) is 3.44. The first-order chi connectivity index (χ1) is 16.5. The molecule has 0 atom stereocenters. The van der Waals surface area contributed by atoms with Crippen LogP contribution in [-0.2, 0) is 14.9 Å². The number of rotatable bonds is 7. The van der Waals surface area contributed by atoms with Gasteiger partial charge in [0.05, 0.1) is 41.0 Å². The number of nitrogens with two attached hydrogens (primary N) is 2. The number of hydrogen-bond acceptors (Lipinski definition) is 11. The fraction of sp³-hybridized carbons (Fsp3) is 0.0476. The topological polar surface area (TPSA) is 219 Å². The number of carbonyl (C=O) groups is 2. The first kappa shape index (κ1) is 24.9. The van der Waals surface area contributed by atoms with E-state index in [0.29, 0.717) is 0 Å². The second kappa shape index (κ2) is 10.1. The maximum absolute atomic E-state index is 11.9. The van der Waals surface area contributed by atoms with Crippen LogP contribution in [0.2, 0.25) is 0 Å². The lowest BCUT2D eigenvalue weighted by molar-refractivity contribution is 0.0599. The number of anilines is 2. The molecular weight excluding hydrogens is 480 g/mol. The highest BCUT2D eigenvalue weighted by Crippen LogP contribution is 2.43. The van der Waals surface area contributed by atoms with Crippen molar-refractivity contribution in [2.24, 2.45) is 20.5 Å². The van der Waals surface area contributed by atoms with Crippen molar-refractivity contribution >= 4 is 56.2 Å². The van der Waals surface area contributed by atoms with Gasteiger partial charge in [-0.3, -0.25) is 4.55 Å². The summed E-state index contributed by atoms with van der Waals surface area (Å²) in [5.74, 6) is -1.79. The monoisotopic (exact) mass is 498 g/mol. The number of hydrogen-bond donors (Lipinski definition) is 4. The van der Waals surface area contributed by atoms with Crippen LogP contribution in [0.15, 0.2) is 79.9 Å². The first-order valence-electron chi connectivity index (χ1n) is 9.56. The predicted octanol–water partition coefficient (Wildman–Crippen LogP) is 4.41. The van der Waals surface area contributed by atoms with E-state index in [0.717, 1.165) is 6.07 Å². The van der Waals surface area contributed by atoms with Gasteiger partial charge in [-0.1, -0.05) is 12.1 Å². The highest BCUT2D eigenvalue weighted by Gasteiger charge is 2.22. The highest BCUT2D eigenvalue weighted by molar-refractivity contribution is 7.86. The summed E-state index contributed by atoms with van der Waals surface area (Å²) in [5, 5.41) is 24.7. The molecule has 0 aliphatic carbocycles. The van der Waals surface area contributed by atoms with Gasteiger partial charge in [-0.2, -0.15) is 18.6 Å². The summed E-state index contributed by atoms with van der Waals surface area (Å²) in [7, 11) is -3.60. The van der Waals surface area contributed by atoms with Gasteiger partial charge < -0.3 is 21.3 Å². The van der Waals surface area contributed by atoms with Gasteiger partial charge in [0.2, 0.25) is 0 Å². The molecule has 0 unspecified atom stereocenters. The van der Waals surface area contributed by atoms with Crippen molar-refractivity contribution in [1.82, 2.24) is 0 Å². The van der Waals surface area contributed by atoms with E-state index >= 15 is 0 Å². The molecule has 6 N–H and O–H groups in total. The number of benzene rings is 3. The van der Waals surface area contributed by atoms with Crippen molar-refractivity contribution in [3.05, 3.63) is 65.7 Å². The molecule has 0 spiro atoms. The molecule has 3 rings (SSSR count). The number of nitrogen functional groups attached to an aromatic ring is 2. The van der Waals surface area contributed by atoms with Crippen molar-refractivity contribution in [1.29, 1.82) is 0 Å². The van der Waals surface area contributed by atoms with Crippen LogP contribution in [0.5, 0.6) is 0 Å². The fourth-order valence-electron chi connectivity index (χ4n) is 2.80. The Hall–Kier alpha value is -4.69. The molecule has 0 aliphatic heterocycles. The second-order valence-corrected chi connectivity index (χ2v) is 8.23. The van der Waals surface area contributed by atoms with E-state index in [1.165, 1.54) is 55.6 Å². The average Bonchev–Trinajstić information content (AvgIpc) is 2.82. The molecule has 0 aliphatic rings. The molecule has 0 bridgehead atoms. The van der Waals surface area contributed by atoms with Crippen molar-refractivity contribution in [2.75, 3.05) is 18.6 Å². The van der Waals surface area contributed by atoms with Gasteiger partial charge in [-0.25, -0.2) is 9.59 Å². The molecular formula is C21H18N6O7S. The molecule has 0 aromatic heterocycles. The van der Waals surface area contributed by atoms with E-state index in [4.69, 9.17) is 16.6 Å². The molecule has 35 heavy (non-hydrogen) atoms. The van der Waals surface area contributed by atoms with Crippen LogP contribution in [0.4, 0.5) is 34.1 Å². The molecule has 3 aromatic rings. The van der Waals surface area contributed by atoms with Gasteiger partial charge in [0, 0.05) is 0 Å². The van der Waals surface area contributed by atoms with Crippen molar-refractivity contribution in [2.45, 2.75) is 4.90 Å². The lowest BCUT2D eigenvalue weighted by Crippen LogP contribution is -2.05. The van der Waals surface area contributed by atoms with Crippen LogP contribution in [0.3, 0.4) is 0 Å². The van der Waals surface area contributed by atoms with E-state index < -0.39 is 32.6 Å². The van der Waals surface area contributed by atoms with E-state index in [-0.39, 0.29) is 39.6 Å².